The lowest BCUT2D eigenvalue weighted by Crippen LogP contribution is -2.37. The minimum absolute atomic E-state index is 0.0335. The van der Waals surface area contributed by atoms with Gasteiger partial charge in [-0.3, -0.25) is 4.79 Å². The topological polar surface area (TPSA) is 67.5 Å². The van der Waals surface area contributed by atoms with Crippen LogP contribution in [0.5, 0.6) is 0 Å². The summed E-state index contributed by atoms with van der Waals surface area (Å²) in [7, 11) is 0. The van der Waals surface area contributed by atoms with Crippen molar-refractivity contribution in [2.45, 2.75) is 32.1 Å². The zero-order valence-electron chi connectivity index (χ0n) is 15.1. The summed E-state index contributed by atoms with van der Waals surface area (Å²) in [4.78, 5) is 17.1. The molecule has 0 radical (unpaired) electrons. The average molecular weight is 347 g/mol. The van der Waals surface area contributed by atoms with Crippen molar-refractivity contribution in [1.82, 2.24) is 0 Å². The highest BCUT2D eigenvalue weighted by Gasteiger charge is 2.44. The number of carbonyl (C=O) groups excluding carboxylic acids is 1. The Kier molecular flexibility index (Phi) is 5.52. The molecule has 1 unspecified atom stereocenters. The van der Waals surface area contributed by atoms with E-state index in [1.54, 1.807) is 12.3 Å². The van der Waals surface area contributed by atoms with Gasteiger partial charge in [-0.05, 0) is 42.0 Å². The fourth-order valence-electron chi connectivity index (χ4n) is 3.50. The Morgan fingerprint density at radius 2 is 1.73 bits per heavy atom. The first-order valence-electron chi connectivity index (χ1n) is 9.00. The van der Waals surface area contributed by atoms with Crippen LogP contribution in [0.25, 0.3) is 0 Å². The third-order valence-electron chi connectivity index (χ3n) is 5.09. The van der Waals surface area contributed by atoms with Crippen molar-refractivity contribution in [2.24, 2.45) is 16.1 Å². The first-order chi connectivity index (χ1) is 12.6. The van der Waals surface area contributed by atoms with Crippen molar-refractivity contribution in [2.75, 3.05) is 5.32 Å². The van der Waals surface area contributed by atoms with Crippen molar-refractivity contribution in [3.05, 3.63) is 78.5 Å². The second-order valence-corrected chi connectivity index (χ2v) is 7.07. The van der Waals surface area contributed by atoms with Crippen LogP contribution in [0.2, 0.25) is 0 Å². The van der Waals surface area contributed by atoms with E-state index in [9.17, 15) is 4.79 Å². The molecule has 3 rings (SSSR count). The number of hydrogen-bond donors (Lipinski definition) is 2. The molecule has 0 heterocycles. The SMILES string of the molecule is CC1(C(C(=O)N=C(N)/C=C\Nc2ccccc2)c2ccccc2)CCC1. The zero-order chi connectivity index (χ0) is 18.4. The van der Waals surface area contributed by atoms with E-state index >= 15 is 0 Å². The summed E-state index contributed by atoms with van der Waals surface area (Å²) in [5.41, 5.74) is 7.89. The van der Waals surface area contributed by atoms with E-state index in [4.69, 9.17) is 5.73 Å². The first kappa shape index (κ1) is 17.9. The number of amidine groups is 1. The van der Waals surface area contributed by atoms with Crippen LogP contribution in [0.15, 0.2) is 77.9 Å². The Bertz CT molecular complexity index is 793. The van der Waals surface area contributed by atoms with Gasteiger partial charge in [-0.2, -0.15) is 4.99 Å². The first-order valence-corrected chi connectivity index (χ1v) is 9.00. The van der Waals surface area contributed by atoms with Crippen LogP contribution in [0.4, 0.5) is 5.69 Å². The third kappa shape index (κ3) is 4.20. The highest BCUT2D eigenvalue weighted by molar-refractivity contribution is 6.02. The molecule has 2 aromatic rings. The minimum atomic E-state index is -0.244. The predicted molar refractivity (Wildman–Crippen MR) is 107 cm³/mol. The van der Waals surface area contributed by atoms with Gasteiger partial charge < -0.3 is 11.1 Å². The smallest absolute Gasteiger partial charge is 0.255 e. The third-order valence-corrected chi connectivity index (χ3v) is 5.09. The van der Waals surface area contributed by atoms with Crippen LogP contribution in [0.3, 0.4) is 0 Å². The number of rotatable bonds is 6. The molecule has 1 amide bonds. The molecule has 0 spiro atoms. The van der Waals surface area contributed by atoms with Gasteiger partial charge in [0, 0.05) is 11.9 Å². The number of benzene rings is 2. The highest BCUT2D eigenvalue weighted by Crippen LogP contribution is 2.51. The Labute approximate surface area is 154 Å². The molecule has 1 atom stereocenters. The molecule has 1 fully saturated rings. The van der Waals surface area contributed by atoms with Gasteiger partial charge in [0.1, 0.15) is 5.84 Å². The molecule has 26 heavy (non-hydrogen) atoms. The van der Waals surface area contributed by atoms with Crippen LogP contribution in [-0.2, 0) is 4.79 Å². The van der Waals surface area contributed by atoms with Gasteiger partial charge in [0.05, 0.1) is 5.92 Å². The van der Waals surface area contributed by atoms with E-state index in [1.807, 2.05) is 60.7 Å². The number of para-hydroxylation sites is 1. The standard InChI is InChI=1S/C22H25N3O/c1-22(14-8-15-22)20(17-9-4-2-5-10-17)21(26)25-19(23)13-16-24-18-11-6-3-7-12-18/h2-7,9-13,16,20,24H,8,14-15H2,1H3,(H2,23,25,26)/b16-13-. The van der Waals surface area contributed by atoms with Crippen LogP contribution < -0.4 is 11.1 Å². The number of nitrogens with one attached hydrogen (secondary N) is 1. The van der Waals surface area contributed by atoms with Gasteiger partial charge in [-0.15, -0.1) is 0 Å². The molecule has 0 saturated heterocycles. The van der Waals surface area contributed by atoms with Gasteiger partial charge in [0.15, 0.2) is 0 Å². The summed E-state index contributed by atoms with van der Waals surface area (Å²) in [6.45, 7) is 2.17. The van der Waals surface area contributed by atoms with Crippen LogP contribution >= 0.6 is 0 Å². The molecule has 3 N–H and O–H groups in total. The second kappa shape index (κ2) is 8.00. The maximum absolute atomic E-state index is 12.9. The summed E-state index contributed by atoms with van der Waals surface area (Å²) in [5, 5.41) is 3.11. The van der Waals surface area contributed by atoms with Crippen LogP contribution in [0, 0.1) is 5.41 Å². The van der Waals surface area contributed by atoms with Crippen LogP contribution in [0.1, 0.15) is 37.7 Å². The summed E-state index contributed by atoms with van der Waals surface area (Å²) >= 11 is 0. The predicted octanol–water partition coefficient (Wildman–Crippen LogP) is 4.47. The van der Waals surface area contributed by atoms with Crippen molar-refractivity contribution >= 4 is 17.4 Å². The molecule has 4 heteroatoms. The number of carbonyl (C=O) groups is 1. The minimum Gasteiger partial charge on any atom is -0.384 e. The van der Waals surface area contributed by atoms with Gasteiger partial charge >= 0.3 is 0 Å². The fourth-order valence-corrected chi connectivity index (χ4v) is 3.50. The molecule has 2 aromatic carbocycles. The van der Waals surface area contributed by atoms with E-state index in [1.165, 1.54) is 0 Å². The summed E-state index contributed by atoms with van der Waals surface area (Å²) in [5.74, 6) is -0.200. The Balaban J connectivity index is 1.73. The van der Waals surface area contributed by atoms with E-state index < -0.39 is 0 Å². The number of nitrogens with two attached hydrogens (primary N) is 1. The maximum atomic E-state index is 12.9. The average Bonchev–Trinajstić information content (AvgIpc) is 2.62. The molecular weight excluding hydrogens is 322 g/mol. The molecule has 1 aliphatic rings. The molecule has 0 aliphatic heterocycles. The molecule has 134 valence electrons. The van der Waals surface area contributed by atoms with Crippen molar-refractivity contribution in [3.63, 3.8) is 0 Å². The Morgan fingerprint density at radius 3 is 2.31 bits per heavy atom. The number of amides is 1. The number of aliphatic imine (C=N–C) groups is 1. The van der Waals surface area contributed by atoms with E-state index in [2.05, 4.69) is 17.2 Å². The lowest BCUT2D eigenvalue weighted by atomic mass is 9.60. The molecule has 0 bridgehead atoms. The van der Waals surface area contributed by atoms with Crippen LogP contribution in [-0.4, -0.2) is 11.7 Å². The lowest BCUT2D eigenvalue weighted by Gasteiger charge is -2.43. The zero-order valence-corrected chi connectivity index (χ0v) is 15.1. The van der Waals surface area contributed by atoms with Crippen molar-refractivity contribution in [1.29, 1.82) is 0 Å². The Hall–Kier alpha value is -2.88. The van der Waals surface area contributed by atoms with E-state index in [-0.39, 0.29) is 23.1 Å². The number of anilines is 1. The molecule has 0 aromatic heterocycles. The van der Waals surface area contributed by atoms with Gasteiger partial charge in [0.25, 0.3) is 5.91 Å². The van der Waals surface area contributed by atoms with E-state index in [0.29, 0.717) is 0 Å². The second-order valence-electron chi connectivity index (χ2n) is 7.07. The van der Waals surface area contributed by atoms with Crippen molar-refractivity contribution in [3.8, 4) is 0 Å². The largest absolute Gasteiger partial charge is 0.384 e. The van der Waals surface area contributed by atoms with Crippen molar-refractivity contribution < 1.29 is 4.79 Å². The van der Waals surface area contributed by atoms with E-state index in [0.717, 1.165) is 30.5 Å². The van der Waals surface area contributed by atoms with Gasteiger partial charge in [-0.25, -0.2) is 0 Å². The van der Waals surface area contributed by atoms with Gasteiger partial charge in [-0.1, -0.05) is 61.9 Å². The summed E-state index contributed by atoms with van der Waals surface area (Å²) in [6, 6.07) is 19.6. The number of hydrogen-bond acceptors (Lipinski definition) is 2. The normalized spacial score (nSPS) is 17.5. The lowest BCUT2D eigenvalue weighted by molar-refractivity contribution is -0.123. The molecule has 4 nitrogen and oxygen atoms in total. The summed E-state index contributed by atoms with van der Waals surface area (Å²) in [6.07, 6.45) is 6.56. The molecular formula is C22H25N3O. The molecule has 1 aliphatic carbocycles. The summed E-state index contributed by atoms with van der Waals surface area (Å²) < 4.78 is 0. The molecule has 1 saturated carbocycles. The highest BCUT2D eigenvalue weighted by atomic mass is 16.1. The Morgan fingerprint density at radius 1 is 1.12 bits per heavy atom. The van der Waals surface area contributed by atoms with Gasteiger partial charge in [0.2, 0.25) is 0 Å². The maximum Gasteiger partial charge on any atom is 0.255 e. The fraction of sp³-hybridized carbons (Fsp3) is 0.273. The quantitative estimate of drug-likeness (QED) is 0.598. The number of nitrogens with zero attached hydrogens (tertiary/aromatic N) is 1. The monoisotopic (exact) mass is 347 g/mol.